The number of rotatable bonds is 1. The largest absolute Gasteiger partial charge is 0.309 e. The second kappa shape index (κ2) is 4.10. The molecule has 0 saturated carbocycles. The van der Waals surface area contributed by atoms with Gasteiger partial charge in [-0.1, -0.05) is 27.5 Å². The van der Waals surface area contributed by atoms with Gasteiger partial charge < -0.3 is 4.90 Å². The number of carbonyl (C=O) groups is 1. The molecule has 0 spiro atoms. The standard InChI is InChI=1S/C10H10BrClN2O/c1-6-3-13-4-8(12)10(6)14-5-7(11)2-9(14)15/h3-4,7H,2,5H2,1H3. The lowest BCUT2D eigenvalue weighted by Gasteiger charge is -2.19. The lowest BCUT2D eigenvalue weighted by Crippen LogP contribution is -2.25. The molecule has 1 saturated heterocycles. The topological polar surface area (TPSA) is 33.2 Å². The fourth-order valence-electron chi connectivity index (χ4n) is 1.75. The smallest absolute Gasteiger partial charge is 0.228 e. The Morgan fingerprint density at radius 3 is 2.87 bits per heavy atom. The number of aryl methyl sites for hydroxylation is 1. The molecule has 0 aromatic carbocycles. The second-order valence-corrected chi connectivity index (χ2v) is 5.29. The summed E-state index contributed by atoms with van der Waals surface area (Å²) in [6.45, 7) is 2.58. The quantitative estimate of drug-likeness (QED) is 0.744. The summed E-state index contributed by atoms with van der Waals surface area (Å²) in [6.07, 6.45) is 3.81. The van der Waals surface area contributed by atoms with E-state index in [1.807, 2.05) is 6.92 Å². The summed E-state index contributed by atoms with van der Waals surface area (Å²) in [7, 11) is 0. The average Bonchev–Trinajstić information content (AvgIpc) is 2.45. The van der Waals surface area contributed by atoms with Crippen molar-refractivity contribution >= 4 is 39.1 Å². The minimum Gasteiger partial charge on any atom is -0.309 e. The first kappa shape index (κ1) is 10.9. The third kappa shape index (κ3) is 2.01. The predicted molar refractivity (Wildman–Crippen MR) is 63.7 cm³/mol. The number of hydrogen-bond acceptors (Lipinski definition) is 2. The fraction of sp³-hybridized carbons (Fsp3) is 0.400. The van der Waals surface area contributed by atoms with Crippen LogP contribution in [-0.4, -0.2) is 22.3 Å². The molecule has 1 aliphatic rings. The number of nitrogens with zero attached hydrogens (tertiary/aromatic N) is 2. The summed E-state index contributed by atoms with van der Waals surface area (Å²) < 4.78 is 0. The molecule has 0 bridgehead atoms. The summed E-state index contributed by atoms with van der Waals surface area (Å²) in [5.41, 5.74) is 1.72. The van der Waals surface area contributed by atoms with Crippen molar-refractivity contribution in [3.05, 3.63) is 23.0 Å². The van der Waals surface area contributed by atoms with Crippen molar-refractivity contribution in [1.82, 2.24) is 4.98 Å². The molecule has 1 amide bonds. The molecule has 1 atom stereocenters. The van der Waals surface area contributed by atoms with Crippen molar-refractivity contribution in [2.24, 2.45) is 0 Å². The van der Waals surface area contributed by atoms with Crippen LogP contribution in [-0.2, 0) is 4.79 Å². The molecular weight excluding hydrogens is 279 g/mol. The summed E-state index contributed by atoms with van der Waals surface area (Å²) >= 11 is 9.50. The van der Waals surface area contributed by atoms with Gasteiger partial charge in [0.25, 0.3) is 0 Å². The monoisotopic (exact) mass is 288 g/mol. The zero-order valence-corrected chi connectivity index (χ0v) is 10.5. The molecule has 5 heteroatoms. The molecule has 0 radical (unpaired) electrons. The van der Waals surface area contributed by atoms with Crippen LogP contribution in [0.1, 0.15) is 12.0 Å². The van der Waals surface area contributed by atoms with E-state index in [4.69, 9.17) is 11.6 Å². The van der Waals surface area contributed by atoms with Gasteiger partial charge in [0.2, 0.25) is 5.91 Å². The SMILES string of the molecule is Cc1cncc(Cl)c1N1CC(Br)CC1=O. The number of hydrogen-bond donors (Lipinski definition) is 0. The number of aromatic nitrogens is 1. The van der Waals surface area contributed by atoms with Crippen LogP contribution in [0.3, 0.4) is 0 Å². The Kier molecular flexibility index (Phi) is 2.98. The number of amides is 1. The maximum absolute atomic E-state index is 11.7. The van der Waals surface area contributed by atoms with E-state index in [2.05, 4.69) is 20.9 Å². The van der Waals surface area contributed by atoms with Gasteiger partial charge in [-0.25, -0.2) is 0 Å². The third-order valence-electron chi connectivity index (χ3n) is 2.40. The average molecular weight is 290 g/mol. The van der Waals surface area contributed by atoms with Gasteiger partial charge in [0.1, 0.15) is 0 Å². The van der Waals surface area contributed by atoms with Crippen molar-refractivity contribution in [2.75, 3.05) is 11.4 Å². The molecular formula is C10H10BrClN2O. The van der Waals surface area contributed by atoms with Crippen molar-refractivity contribution in [3.63, 3.8) is 0 Å². The van der Waals surface area contributed by atoms with Gasteiger partial charge in [-0.15, -0.1) is 0 Å². The fourth-order valence-corrected chi connectivity index (χ4v) is 2.62. The van der Waals surface area contributed by atoms with Crippen molar-refractivity contribution in [3.8, 4) is 0 Å². The molecule has 80 valence electrons. The molecule has 1 aliphatic heterocycles. The molecule has 0 N–H and O–H groups in total. The number of pyridine rings is 1. The van der Waals surface area contributed by atoms with E-state index in [-0.39, 0.29) is 10.7 Å². The van der Waals surface area contributed by atoms with E-state index in [0.29, 0.717) is 18.0 Å². The second-order valence-electron chi connectivity index (χ2n) is 3.59. The van der Waals surface area contributed by atoms with Crippen LogP contribution in [0.5, 0.6) is 0 Å². The summed E-state index contributed by atoms with van der Waals surface area (Å²) in [5, 5.41) is 0.532. The van der Waals surface area contributed by atoms with E-state index in [9.17, 15) is 4.79 Å². The Bertz CT molecular complexity index is 390. The minimum atomic E-state index is 0.105. The van der Waals surface area contributed by atoms with Crippen LogP contribution in [0.15, 0.2) is 12.4 Å². The van der Waals surface area contributed by atoms with Crippen LogP contribution in [0, 0.1) is 6.92 Å². The van der Waals surface area contributed by atoms with Gasteiger partial charge >= 0.3 is 0 Å². The summed E-state index contributed by atoms with van der Waals surface area (Å²) in [6, 6.07) is 0. The van der Waals surface area contributed by atoms with Crippen LogP contribution in [0.25, 0.3) is 0 Å². The van der Waals surface area contributed by atoms with Crippen LogP contribution in [0.4, 0.5) is 5.69 Å². The first-order chi connectivity index (χ1) is 7.09. The Hall–Kier alpha value is -0.610. The zero-order chi connectivity index (χ0) is 11.0. The minimum absolute atomic E-state index is 0.105. The molecule has 1 unspecified atom stereocenters. The van der Waals surface area contributed by atoms with Crippen LogP contribution < -0.4 is 4.90 Å². The highest BCUT2D eigenvalue weighted by Gasteiger charge is 2.30. The van der Waals surface area contributed by atoms with E-state index in [0.717, 1.165) is 11.3 Å². The molecule has 2 rings (SSSR count). The summed E-state index contributed by atoms with van der Waals surface area (Å²) in [4.78, 5) is 17.6. The first-order valence-electron chi connectivity index (χ1n) is 4.64. The molecule has 0 aliphatic carbocycles. The Morgan fingerprint density at radius 1 is 1.60 bits per heavy atom. The van der Waals surface area contributed by atoms with E-state index < -0.39 is 0 Å². The van der Waals surface area contributed by atoms with Gasteiger partial charge in [0, 0.05) is 30.2 Å². The van der Waals surface area contributed by atoms with Crippen molar-refractivity contribution < 1.29 is 4.79 Å². The number of anilines is 1. The number of halogens is 2. The van der Waals surface area contributed by atoms with Gasteiger partial charge in [-0.2, -0.15) is 0 Å². The molecule has 1 fully saturated rings. The lowest BCUT2D eigenvalue weighted by molar-refractivity contribution is -0.117. The van der Waals surface area contributed by atoms with Gasteiger partial charge in [-0.3, -0.25) is 9.78 Å². The molecule has 1 aromatic rings. The highest BCUT2D eigenvalue weighted by molar-refractivity contribution is 9.09. The van der Waals surface area contributed by atoms with Crippen LogP contribution in [0.2, 0.25) is 5.02 Å². The maximum Gasteiger partial charge on any atom is 0.228 e. The van der Waals surface area contributed by atoms with Crippen molar-refractivity contribution in [1.29, 1.82) is 0 Å². The highest BCUT2D eigenvalue weighted by Crippen LogP contribution is 2.33. The third-order valence-corrected chi connectivity index (χ3v) is 3.29. The normalized spacial score (nSPS) is 21.1. The number of alkyl halides is 1. The first-order valence-corrected chi connectivity index (χ1v) is 5.93. The zero-order valence-electron chi connectivity index (χ0n) is 8.20. The molecule has 15 heavy (non-hydrogen) atoms. The Labute approximate surface area is 102 Å². The van der Waals surface area contributed by atoms with Crippen molar-refractivity contribution in [2.45, 2.75) is 18.2 Å². The number of carbonyl (C=O) groups excluding carboxylic acids is 1. The summed E-state index contributed by atoms with van der Waals surface area (Å²) in [5.74, 6) is 0.105. The van der Waals surface area contributed by atoms with E-state index >= 15 is 0 Å². The molecule has 3 nitrogen and oxygen atoms in total. The molecule has 1 aromatic heterocycles. The van der Waals surface area contributed by atoms with E-state index in [1.165, 1.54) is 0 Å². The Morgan fingerprint density at radius 2 is 2.33 bits per heavy atom. The molecule has 2 heterocycles. The van der Waals surface area contributed by atoms with Gasteiger partial charge in [0.05, 0.1) is 10.7 Å². The lowest BCUT2D eigenvalue weighted by atomic mass is 10.2. The van der Waals surface area contributed by atoms with Gasteiger partial charge in [-0.05, 0) is 12.5 Å². The van der Waals surface area contributed by atoms with E-state index in [1.54, 1.807) is 17.3 Å². The van der Waals surface area contributed by atoms with Crippen LogP contribution >= 0.6 is 27.5 Å². The van der Waals surface area contributed by atoms with Gasteiger partial charge in [0.15, 0.2) is 0 Å². The Balaban J connectivity index is 2.41. The highest BCUT2D eigenvalue weighted by atomic mass is 79.9. The predicted octanol–water partition coefficient (Wildman–Crippen LogP) is 2.54. The maximum atomic E-state index is 11.7.